The first kappa shape index (κ1) is 17.0. The number of hydrogen-bond acceptors (Lipinski definition) is 5. The summed E-state index contributed by atoms with van der Waals surface area (Å²) in [5.41, 5.74) is 2.81. The number of carbonyl (C=O) groups excluding carboxylic acids is 2. The minimum Gasteiger partial charge on any atom is -0.348 e. The number of hydrogen-bond donors (Lipinski definition) is 2. The fraction of sp³-hybridized carbons (Fsp3) is 0.278. The number of aryl methyl sites for hydroxylation is 1. The number of pyridine rings is 1. The Kier molecular flexibility index (Phi) is 4.41. The first-order valence-corrected chi connectivity index (χ1v) is 8.61. The number of nitrogens with zero attached hydrogens (tertiary/aromatic N) is 5. The number of carbonyl (C=O) groups is 2. The van der Waals surface area contributed by atoms with E-state index in [1.54, 1.807) is 41.2 Å². The molecule has 0 fully saturated rings. The van der Waals surface area contributed by atoms with Gasteiger partial charge in [-0.25, -0.2) is 0 Å². The van der Waals surface area contributed by atoms with Gasteiger partial charge in [-0.1, -0.05) is 6.07 Å². The molecule has 3 aromatic rings. The quantitative estimate of drug-likeness (QED) is 0.676. The van der Waals surface area contributed by atoms with E-state index in [4.69, 9.17) is 0 Å². The summed E-state index contributed by atoms with van der Waals surface area (Å²) in [5.74, 6) is -0.360. The molecule has 2 amide bonds. The van der Waals surface area contributed by atoms with Crippen LogP contribution >= 0.6 is 0 Å². The molecular weight excluding hydrogens is 346 g/mol. The van der Waals surface area contributed by atoms with Crippen molar-refractivity contribution in [1.29, 1.82) is 0 Å². The largest absolute Gasteiger partial charge is 0.348 e. The molecule has 0 saturated carbocycles. The number of rotatable bonds is 5. The van der Waals surface area contributed by atoms with Gasteiger partial charge in [-0.3, -0.25) is 23.9 Å². The summed E-state index contributed by atoms with van der Waals surface area (Å²) in [5, 5.41) is 14.1. The van der Waals surface area contributed by atoms with Gasteiger partial charge in [0.2, 0.25) is 0 Å². The molecule has 4 heterocycles. The van der Waals surface area contributed by atoms with Crippen molar-refractivity contribution >= 4 is 11.8 Å². The molecule has 0 unspecified atom stereocenters. The summed E-state index contributed by atoms with van der Waals surface area (Å²) in [7, 11) is 1.76. The topological polar surface area (TPSA) is 107 Å². The van der Waals surface area contributed by atoms with E-state index in [-0.39, 0.29) is 17.9 Å². The minimum absolute atomic E-state index is 0.105. The number of nitrogens with one attached hydrogen (secondary N) is 2. The van der Waals surface area contributed by atoms with Gasteiger partial charge in [0.15, 0.2) is 0 Å². The molecule has 0 aromatic carbocycles. The highest BCUT2D eigenvalue weighted by atomic mass is 16.2. The normalized spacial score (nSPS) is 15.4. The Bertz CT molecular complexity index is 977. The summed E-state index contributed by atoms with van der Waals surface area (Å²) in [6.07, 6.45) is 8.73. The van der Waals surface area contributed by atoms with E-state index in [9.17, 15) is 9.59 Å². The van der Waals surface area contributed by atoms with Crippen molar-refractivity contribution in [3.05, 3.63) is 65.5 Å². The first-order chi connectivity index (χ1) is 13.1. The molecule has 9 heteroatoms. The van der Waals surface area contributed by atoms with Crippen LogP contribution in [0, 0.1) is 0 Å². The van der Waals surface area contributed by atoms with Crippen molar-refractivity contribution in [3.63, 3.8) is 0 Å². The zero-order valence-corrected chi connectivity index (χ0v) is 14.8. The molecule has 0 radical (unpaired) electrons. The Labute approximate surface area is 155 Å². The fourth-order valence-electron chi connectivity index (χ4n) is 3.16. The molecule has 0 spiro atoms. The highest BCUT2D eigenvalue weighted by molar-refractivity contribution is 5.95. The maximum Gasteiger partial charge on any atom is 0.255 e. The van der Waals surface area contributed by atoms with Crippen molar-refractivity contribution < 1.29 is 9.59 Å². The maximum absolute atomic E-state index is 12.5. The average Bonchev–Trinajstić information content (AvgIpc) is 3.36. The molecular formula is C18H19N7O2. The lowest BCUT2D eigenvalue weighted by molar-refractivity contribution is 0.0934. The van der Waals surface area contributed by atoms with Crippen LogP contribution in [0.4, 0.5) is 0 Å². The van der Waals surface area contributed by atoms with Gasteiger partial charge >= 0.3 is 0 Å². The minimum atomic E-state index is -0.181. The lowest BCUT2D eigenvalue weighted by Crippen LogP contribution is -2.36. The maximum atomic E-state index is 12.5. The van der Waals surface area contributed by atoms with Crippen LogP contribution in [-0.2, 0) is 26.6 Å². The van der Waals surface area contributed by atoms with Gasteiger partial charge in [-0.2, -0.15) is 10.2 Å². The molecule has 3 aromatic heterocycles. The van der Waals surface area contributed by atoms with Gasteiger partial charge in [0.1, 0.15) is 0 Å². The zero-order valence-electron chi connectivity index (χ0n) is 14.8. The van der Waals surface area contributed by atoms with Gasteiger partial charge in [0.05, 0.1) is 41.8 Å². The van der Waals surface area contributed by atoms with Gasteiger partial charge in [0.25, 0.3) is 11.8 Å². The number of fused-ring (bicyclic) bond motifs is 1. The Hall–Kier alpha value is -3.49. The number of aromatic nitrogens is 5. The third-order valence-corrected chi connectivity index (χ3v) is 4.50. The predicted molar refractivity (Wildman–Crippen MR) is 95.8 cm³/mol. The summed E-state index contributed by atoms with van der Waals surface area (Å²) >= 11 is 0. The van der Waals surface area contributed by atoms with E-state index in [1.807, 2.05) is 12.1 Å². The fourth-order valence-corrected chi connectivity index (χ4v) is 3.16. The molecule has 27 heavy (non-hydrogen) atoms. The highest BCUT2D eigenvalue weighted by Crippen LogP contribution is 2.19. The SMILES string of the molecule is Cn1cc(C(=O)N[C@H]2Cc3c(C(=O)NCc4cccnc4)cnn3C2)cn1. The Morgan fingerprint density at radius 3 is 2.85 bits per heavy atom. The number of amides is 2. The second-order valence-electron chi connectivity index (χ2n) is 6.51. The Balaban J connectivity index is 1.38. The third-order valence-electron chi connectivity index (χ3n) is 4.50. The predicted octanol–water partition coefficient (Wildman–Crippen LogP) is 0.296. The molecule has 138 valence electrons. The van der Waals surface area contributed by atoms with Crippen LogP contribution < -0.4 is 10.6 Å². The summed E-state index contributed by atoms with van der Waals surface area (Å²) < 4.78 is 3.35. The van der Waals surface area contributed by atoms with Crippen molar-refractivity contribution in [3.8, 4) is 0 Å². The zero-order chi connectivity index (χ0) is 18.8. The molecule has 0 aliphatic carbocycles. The van der Waals surface area contributed by atoms with Gasteiger partial charge < -0.3 is 10.6 Å². The second kappa shape index (κ2) is 7.02. The van der Waals surface area contributed by atoms with E-state index >= 15 is 0 Å². The van der Waals surface area contributed by atoms with Gasteiger partial charge in [-0.15, -0.1) is 0 Å². The monoisotopic (exact) mass is 365 g/mol. The van der Waals surface area contributed by atoms with E-state index in [0.717, 1.165) is 11.3 Å². The van der Waals surface area contributed by atoms with Crippen molar-refractivity contribution in [2.24, 2.45) is 7.05 Å². The third kappa shape index (κ3) is 3.57. The van der Waals surface area contributed by atoms with Crippen LogP contribution in [0.3, 0.4) is 0 Å². The van der Waals surface area contributed by atoms with Gasteiger partial charge in [-0.05, 0) is 11.6 Å². The van der Waals surface area contributed by atoms with E-state index in [1.165, 1.54) is 6.20 Å². The lowest BCUT2D eigenvalue weighted by atomic mass is 10.1. The van der Waals surface area contributed by atoms with Crippen LogP contribution in [-0.4, -0.2) is 42.4 Å². The molecule has 0 bridgehead atoms. The van der Waals surface area contributed by atoms with Crippen LogP contribution in [0.2, 0.25) is 0 Å². The summed E-state index contributed by atoms with van der Waals surface area (Å²) in [6, 6.07) is 3.63. The molecule has 9 nitrogen and oxygen atoms in total. The molecule has 1 aliphatic rings. The van der Waals surface area contributed by atoms with Gasteiger partial charge in [0, 0.05) is 38.6 Å². The smallest absolute Gasteiger partial charge is 0.255 e. The lowest BCUT2D eigenvalue weighted by Gasteiger charge is -2.10. The highest BCUT2D eigenvalue weighted by Gasteiger charge is 2.29. The van der Waals surface area contributed by atoms with Crippen molar-refractivity contribution in [2.75, 3.05) is 0 Å². The van der Waals surface area contributed by atoms with Crippen molar-refractivity contribution in [1.82, 2.24) is 35.2 Å². The summed E-state index contributed by atoms with van der Waals surface area (Å²) in [6.45, 7) is 0.940. The van der Waals surface area contributed by atoms with Crippen LogP contribution in [0.25, 0.3) is 0 Å². The first-order valence-electron chi connectivity index (χ1n) is 8.61. The second-order valence-corrected chi connectivity index (χ2v) is 6.51. The van der Waals surface area contributed by atoms with E-state index in [0.29, 0.717) is 30.6 Å². The van der Waals surface area contributed by atoms with Crippen LogP contribution in [0.15, 0.2) is 43.1 Å². The molecule has 2 N–H and O–H groups in total. The molecule has 0 saturated heterocycles. The standard InChI is InChI=1S/C18H19N7O2/c1-24-10-13(8-21-24)17(26)23-14-5-16-15(9-22-25(16)11-14)18(27)20-7-12-3-2-4-19-6-12/h2-4,6,8-10,14H,5,7,11H2,1H3,(H,20,27)(H,23,26)/t14-/m0/s1. The van der Waals surface area contributed by atoms with Crippen molar-refractivity contribution in [2.45, 2.75) is 25.6 Å². The van der Waals surface area contributed by atoms with E-state index in [2.05, 4.69) is 25.8 Å². The molecule has 1 atom stereocenters. The Morgan fingerprint density at radius 2 is 2.11 bits per heavy atom. The Morgan fingerprint density at radius 1 is 1.22 bits per heavy atom. The van der Waals surface area contributed by atoms with Crippen LogP contribution in [0.5, 0.6) is 0 Å². The average molecular weight is 365 g/mol. The molecule has 4 rings (SSSR count). The molecule has 1 aliphatic heterocycles. The summed E-state index contributed by atoms with van der Waals surface area (Å²) in [4.78, 5) is 28.8. The van der Waals surface area contributed by atoms with Crippen LogP contribution in [0.1, 0.15) is 32.0 Å². The van der Waals surface area contributed by atoms with E-state index < -0.39 is 0 Å².